The van der Waals surface area contributed by atoms with Gasteiger partial charge in [0.2, 0.25) is 5.52 Å². The topological polar surface area (TPSA) is 65.6 Å². The van der Waals surface area contributed by atoms with Gasteiger partial charge in [-0.15, -0.1) is 16.2 Å². The van der Waals surface area contributed by atoms with E-state index in [0.717, 1.165) is 26.1 Å². The maximum atomic E-state index is 11.3. The van der Waals surface area contributed by atoms with Crippen molar-refractivity contribution in [3.05, 3.63) is 28.7 Å². The molecule has 0 aliphatic heterocycles. The molecule has 3 heterocycles. The van der Waals surface area contributed by atoms with Crippen LogP contribution in [0.4, 0.5) is 0 Å². The average Bonchev–Trinajstić information content (AvgIpc) is 2.62. The average molecular weight is 232 g/mol. The van der Waals surface area contributed by atoms with Crippen molar-refractivity contribution < 1.29 is 4.85 Å². The van der Waals surface area contributed by atoms with E-state index in [4.69, 9.17) is 0 Å². The Morgan fingerprint density at radius 3 is 2.94 bits per heavy atom. The molecule has 3 rings (SSSR count). The van der Waals surface area contributed by atoms with E-state index in [0.29, 0.717) is 10.5 Å². The van der Waals surface area contributed by atoms with Crippen molar-refractivity contribution >= 4 is 31.8 Å². The maximum absolute atomic E-state index is 11.3. The monoisotopic (exact) mass is 232 g/mol. The highest BCUT2D eigenvalue weighted by Crippen LogP contribution is 2.31. The molecule has 0 unspecified atom stereocenters. The lowest BCUT2D eigenvalue weighted by atomic mass is 10.2. The van der Waals surface area contributed by atoms with Crippen LogP contribution in [0.1, 0.15) is 11.4 Å². The van der Waals surface area contributed by atoms with Crippen LogP contribution in [0.5, 0.6) is 0 Å². The Bertz CT molecular complexity index is 707. The van der Waals surface area contributed by atoms with Gasteiger partial charge >= 0.3 is 0 Å². The number of hydrogen-bond acceptors (Lipinski definition) is 5. The van der Waals surface area contributed by atoms with Crippen molar-refractivity contribution in [2.45, 2.75) is 13.8 Å². The molecule has 3 aromatic heterocycles. The van der Waals surface area contributed by atoms with Crippen LogP contribution < -0.4 is 4.85 Å². The second-order valence-electron chi connectivity index (χ2n) is 3.63. The van der Waals surface area contributed by atoms with Gasteiger partial charge in [0.25, 0.3) is 0 Å². The van der Waals surface area contributed by atoms with E-state index in [-0.39, 0.29) is 0 Å². The summed E-state index contributed by atoms with van der Waals surface area (Å²) in [6, 6.07) is 3.91. The molecule has 3 aromatic rings. The first kappa shape index (κ1) is 9.41. The van der Waals surface area contributed by atoms with E-state index in [9.17, 15) is 5.21 Å². The minimum atomic E-state index is 0.546. The van der Waals surface area contributed by atoms with E-state index >= 15 is 0 Å². The number of aromatic nitrogens is 4. The summed E-state index contributed by atoms with van der Waals surface area (Å²) in [7, 11) is 0. The first-order chi connectivity index (χ1) is 7.66. The lowest BCUT2D eigenvalue weighted by molar-refractivity contribution is -0.679. The second-order valence-corrected chi connectivity index (χ2v) is 4.63. The lowest BCUT2D eigenvalue weighted by Gasteiger charge is -1.98. The van der Waals surface area contributed by atoms with Crippen molar-refractivity contribution in [3.8, 4) is 0 Å². The van der Waals surface area contributed by atoms with E-state index in [2.05, 4.69) is 15.3 Å². The fraction of sp³-hybridized carbons (Fsp3) is 0.200. The molecule has 0 amide bonds. The molecule has 0 spiro atoms. The Kier molecular flexibility index (Phi) is 1.81. The Morgan fingerprint density at radius 1 is 1.31 bits per heavy atom. The highest BCUT2D eigenvalue weighted by Gasteiger charge is 2.17. The molecule has 16 heavy (non-hydrogen) atoms. The molecule has 0 N–H and O–H groups in total. The van der Waals surface area contributed by atoms with Gasteiger partial charge < -0.3 is 5.21 Å². The molecule has 80 valence electrons. The molecular formula is C10H8N4OS. The first-order valence-corrected chi connectivity index (χ1v) is 5.61. The number of pyridine rings is 1. The van der Waals surface area contributed by atoms with Gasteiger partial charge in [-0.1, -0.05) is 0 Å². The third-order valence-electron chi connectivity index (χ3n) is 2.51. The third-order valence-corrected chi connectivity index (χ3v) is 3.71. The number of rotatable bonds is 0. The number of thiophene rings is 1. The quantitative estimate of drug-likeness (QED) is 0.435. The van der Waals surface area contributed by atoms with Gasteiger partial charge in [-0.2, -0.15) is 0 Å². The minimum Gasteiger partial charge on any atom is -0.691 e. The van der Waals surface area contributed by atoms with Crippen molar-refractivity contribution in [2.24, 2.45) is 0 Å². The Morgan fingerprint density at radius 2 is 2.12 bits per heavy atom. The zero-order valence-corrected chi connectivity index (χ0v) is 9.58. The zero-order chi connectivity index (χ0) is 11.3. The molecule has 0 atom stereocenters. The van der Waals surface area contributed by atoms with Crippen LogP contribution in [0.3, 0.4) is 0 Å². The number of fused-ring (bicyclic) bond motifs is 3. The van der Waals surface area contributed by atoms with Gasteiger partial charge in [0, 0.05) is 12.6 Å². The zero-order valence-electron chi connectivity index (χ0n) is 8.76. The van der Waals surface area contributed by atoms with Crippen molar-refractivity contribution in [3.63, 3.8) is 0 Å². The summed E-state index contributed by atoms with van der Waals surface area (Å²) in [5.74, 6) is 0. The van der Waals surface area contributed by atoms with Crippen LogP contribution in [0.2, 0.25) is 0 Å². The number of nitrogens with zero attached hydrogens (tertiary/aromatic N) is 4. The van der Waals surface area contributed by atoms with Gasteiger partial charge in [0.1, 0.15) is 20.4 Å². The largest absolute Gasteiger partial charge is 0.691 e. The van der Waals surface area contributed by atoms with Gasteiger partial charge in [-0.05, 0) is 19.1 Å². The molecule has 0 saturated heterocycles. The maximum Gasteiger partial charge on any atom is 0.234 e. The van der Waals surface area contributed by atoms with E-state index in [1.807, 2.05) is 19.1 Å². The van der Waals surface area contributed by atoms with Crippen LogP contribution in [-0.2, 0) is 0 Å². The van der Waals surface area contributed by atoms with Crippen LogP contribution in [0.25, 0.3) is 20.4 Å². The summed E-state index contributed by atoms with van der Waals surface area (Å²) in [4.78, 5) is 5.87. The van der Waals surface area contributed by atoms with Crippen molar-refractivity contribution in [2.75, 3.05) is 0 Å². The van der Waals surface area contributed by atoms with Gasteiger partial charge in [-0.3, -0.25) is 0 Å². The SMILES string of the molecule is Cc1ccc2c(n1)sc1c(C)[n+]([O-])nnc12. The summed E-state index contributed by atoms with van der Waals surface area (Å²) in [5, 5.41) is 19.7. The van der Waals surface area contributed by atoms with E-state index in [1.165, 1.54) is 11.3 Å². The van der Waals surface area contributed by atoms with Gasteiger partial charge in [0.05, 0.1) is 10.5 Å². The first-order valence-electron chi connectivity index (χ1n) is 4.80. The molecule has 6 heteroatoms. The molecule has 0 aliphatic rings. The molecule has 0 saturated carbocycles. The van der Waals surface area contributed by atoms with E-state index in [1.54, 1.807) is 6.92 Å². The van der Waals surface area contributed by atoms with Gasteiger partial charge in [0.15, 0.2) is 0 Å². The van der Waals surface area contributed by atoms with Gasteiger partial charge in [-0.25, -0.2) is 4.98 Å². The Hall–Kier alpha value is -1.82. The summed E-state index contributed by atoms with van der Waals surface area (Å²) in [5.41, 5.74) is 2.29. The summed E-state index contributed by atoms with van der Waals surface area (Å²) in [6.07, 6.45) is 0. The van der Waals surface area contributed by atoms with E-state index < -0.39 is 0 Å². The molecule has 0 radical (unpaired) electrons. The standard InChI is InChI=1S/C10H8N4OS/c1-5-3-4-7-8-9(16-10(7)11-5)6(2)14(15)13-12-8/h3-4H,1-2H3. The fourth-order valence-electron chi connectivity index (χ4n) is 1.64. The lowest BCUT2D eigenvalue weighted by Crippen LogP contribution is -2.35. The summed E-state index contributed by atoms with van der Waals surface area (Å²) < 4.78 is 0.859. The predicted octanol–water partition coefficient (Wildman–Crippen LogP) is 1.49. The normalized spacial score (nSPS) is 11.4. The molecule has 0 fully saturated rings. The molecule has 5 nitrogen and oxygen atoms in total. The highest BCUT2D eigenvalue weighted by molar-refractivity contribution is 7.25. The smallest absolute Gasteiger partial charge is 0.234 e. The molecular weight excluding hydrogens is 224 g/mol. The molecule has 0 aromatic carbocycles. The van der Waals surface area contributed by atoms with Crippen LogP contribution in [-0.4, -0.2) is 15.3 Å². The Balaban J connectivity index is 2.55. The number of hydrogen-bond donors (Lipinski definition) is 0. The van der Waals surface area contributed by atoms with Crippen molar-refractivity contribution in [1.29, 1.82) is 0 Å². The summed E-state index contributed by atoms with van der Waals surface area (Å²) >= 11 is 1.48. The summed E-state index contributed by atoms with van der Waals surface area (Å²) in [6.45, 7) is 3.68. The number of aryl methyl sites for hydroxylation is 2. The molecule has 0 bridgehead atoms. The van der Waals surface area contributed by atoms with Crippen LogP contribution in [0.15, 0.2) is 12.1 Å². The minimum absolute atomic E-state index is 0.546. The Labute approximate surface area is 94.9 Å². The second kappa shape index (κ2) is 3.08. The van der Waals surface area contributed by atoms with Crippen molar-refractivity contribution in [1.82, 2.24) is 15.3 Å². The van der Waals surface area contributed by atoms with Crippen LogP contribution in [0, 0.1) is 19.1 Å². The predicted molar refractivity (Wildman–Crippen MR) is 61.2 cm³/mol. The molecule has 0 aliphatic carbocycles. The third kappa shape index (κ3) is 1.16. The highest BCUT2D eigenvalue weighted by atomic mass is 32.1. The fourth-order valence-corrected chi connectivity index (χ4v) is 2.77. The van der Waals surface area contributed by atoms with Crippen LogP contribution >= 0.6 is 11.3 Å².